The monoisotopic (exact) mass is 233 g/mol. The number of aliphatic hydroxyl groups excluding tert-OH is 1. The molecule has 1 rings (SSSR count). The van der Waals surface area contributed by atoms with E-state index < -0.39 is 6.57 Å². The molecule has 0 aliphatic carbocycles. The van der Waals surface area contributed by atoms with Crippen LogP contribution in [0.15, 0.2) is 18.2 Å². The second-order valence-corrected chi connectivity index (χ2v) is 5.96. The maximum Gasteiger partial charge on any atom is 0.192 e. The molecular weight excluding hydrogens is 221 g/mol. The van der Waals surface area contributed by atoms with Crippen LogP contribution in [-0.2, 0) is 29.5 Å². The Bertz CT molecular complexity index is 355. The molecule has 14 heavy (non-hydrogen) atoms. The molecule has 0 amide bonds. The molecule has 0 radical (unpaired) electrons. The van der Waals surface area contributed by atoms with E-state index in [-0.39, 0.29) is 13.2 Å². The van der Waals surface area contributed by atoms with Crippen molar-refractivity contribution in [1.82, 2.24) is 4.98 Å². The Kier molecular flexibility index (Phi) is 4.12. The van der Waals surface area contributed by atoms with Crippen molar-refractivity contribution < 1.29 is 9.63 Å². The van der Waals surface area contributed by atoms with Gasteiger partial charge < -0.3 is 9.63 Å². The van der Waals surface area contributed by atoms with E-state index in [9.17, 15) is 0 Å². The fourth-order valence-electron chi connectivity index (χ4n) is 0.865. The molecule has 0 atom stereocenters. The van der Waals surface area contributed by atoms with Crippen LogP contribution in [0, 0.1) is 0 Å². The molecule has 0 fully saturated rings. The van der Waals surface area contributed by atoms with E-state index in [0.717, 1.165) is 0 Å². The van der Waals surface area contributed by atoms with E-state index in [1.807, 2.05) is 0 Å². The van der Waals surface area contributed by atoms with Gasteiger partial charge in [0.2, 0.25) is 0 Å². The van der Waals surface area contributed by atoms with Gasteiger partial charge in [-0.3, -0.25) is 16.0 Å². The summed E-state index contributed by atoms with van der Waals surface area (Å²) in [5.74, 6) is 0. The normalized spacial score (nSPS) is 11.6. The molecule has 0 spiro atoms. The van der Waals surface area contributed by atoms with E-state index in [2.05, 4.69) is 4.98 Å². The van der Waals surface area contributed by atoms with Crippen molar-refractivity contribution in [1.29, 1.82) is 0 Å². The van der Waals surface area contributed by atoms with Gasteiger partial charge in [0.05, 0.1) is 24.6 Å². The first-order valence-corrected chi connectivity index (χ1v) is 6.74. The third-order valence-corrected chi connectivity index (χ3v) is 2.29. The number of hydrogen-bond acceptors (Lipinski definition) is 4. The summed E-state index contributed by atoms with van der Waals surface area (Å²) >= 11 is 4.71. The summed E-state index contributed by atoms with van der Waals surface area (Å²) in [6.45, 7) is -2.55. The average Bonchev–Trinajstić information content (AvgIpc) is 2.14. The smallest absolute Gasteiger partial charge is 0.192 e. The molecule has 5 nitrogen and oxygen atoms in total. The summed E-state index contributed by atoms with van der Waals surface area (Å²) in [4.78, 5) is 4.08. The van der Waals surface area contributed by atoms with Crippen molar-refractivity contribution in [2.24, 2.45) is 11.0 Å². The maximum absolute atomic E-state index is 8.82. The van der Waals surface area contributed by atoms with Crippen LogP contribution in [0.3, 0.4) is 0 Å². The van der Waals surface area contributed by atoms with E-state index in [1.165, 1.54) is 0 Å². The fourth-order valence-corrected chi connectivity index (χ4v) is 1.36. The highest BCUT2D eigenvalue weighted by molar-refractivity contribution is 8.10. The predicted molar refractivity (Wildman–Crippen MR) is 57.6 cm³/mol. The first-order valence-electron chi connectivity index (χ1n) is 3.88. The second kappa shape index (κ2) is 4.93. The first kappa shape index (κ1) is 11.7. The van der Waals surface area contributed by atoms with Gasteiger partial charge in [0.15, 0.2) is 6.57 Å². The van der Waals surface area contributed by atoms with Gasteiger partial charge in [0, 0.05) is 0 Å². The van der Waals surface area contributed by atoms with E-state index in [0.29, 0.717) is 11.4 Å². The highest BCUT2D eigenvalue weighted by atomic mass is 32.4. The SMILES string of the molecule is NP(N)(=S)OCc1cccc(CO)n1. The second-order valence-electron chi connectivity index (χ2n) is 2.70. The molecular formula is C7H12N3O2PS. The Morgan fingerprint density at radius 1 is 1.43 bits per heavy atom. The lowest BCUT2D eigenvalue weighted by molar-refractivity contribution is 0.274. The molecule has 78 valence electrons. The van der Waals surface area contributed by atoms with E-state index >= 15 is 0 Å². The van der Waals surface area contributed by atoms with Crippen LogP contribution in [-0.4, -0.2) is 10.1 Å². The highest BCUT2D eigenvalue weighted by Gasteiger charge is 2.04. The number of hydrogen-bond donors (Lipinski definition) is 3. The molecule has 0 unspecified atom stereocenters. The minimum Gasteiger partial charge on any atom is -0.390 e. The van der Waals surface area contributed by atoms with Crippen molar-refractivity contribution in [3.05, 3.63) is 29.6 Å². The Morgan fingerprint density at radius 2 is 2.07 bits per heavy atom. The van der Waals surface area contributed by atoms with Crippen LogP contribution >= 0.6 is 6.57 Å². The molecule has 0 aromatic carbocycles. The molecule has 0 saturated carbocycles. The Labute approximate surface area is 87.3 Å². The highest BCUT2D eigenvalue weighted by Crippen LogP contribution is 2.28. The minimum atomic E-state index is -2.62. The standard InChI is InChI=1S/C7H12N3O2PS/c8-13(9,14)12-5-7-3-1-2-6(4-11)10-7/h1-3,11H,4-5H2,(H4,8,9,14). The maximum atomic E-state index is 8.82. The minimum absolute atomic E-state index is 0.104. The van der Waals surface area contributed by atoms with Crippen LogP contribution < -0.4 is 11.0 Å². The molecule has 0 saturated heterocycles. The Hall–Kier alpha value is -0.360. The number of nitrogens with zero attached hydrogens (tertiary/aromatic N) is 1. The zero-order chi connectivity index (χ0) is 10.6. The van der Waals surface area contributed by atoms with Crippen LogP contribution in [0.25, 0.3) is 0 Å². The molecule has 0 bridgehead atoms. The van der Waals surface area contributed by atoms with Crippen molar-refractivity contribution >= 4 is 18.4 Å². The lowest BCUT2D eigenvalue weighted by Crippen LogP contribution is -2.08. The lowest BCUT2D eigenvalue weighted by atomic mass is 10.3. The summed E-state index contributed by atoms with van der Waals surface area (Å²) in [5.41, 5.74) is 11.9. The third-order valence-electron chi connectivity index (χ3n) is 1.44. The van der Waals surface area contributed by atoms with E-state index in [4.69, 9.17) is 32.4 Å². The largest absolute Gasteiger partial charge is 0.390 e. The van der Waals surface area contributed by atoms with Crippen molar-refractivity contribution in [2.75, 3.05) is 0 Å². The summed E-state index contributed by atoms with van der Waals surface area (Å²) in [5, 5.41) is 8.82. The topological polar surface area (TPSA) is 94.4 Å². The van der Waals surface area contributed by atoms with Gasteiger partial charge in [-0.2, -0.15) is 0 Å². The number of pyridine rings is 1. The zero-order valence-corrected chi connectivity index (χ0v) is 9.17. The first-order chi connectivity index (χ1) is 6.51. The van der Waals surface area contributed by atoms with Gasteiger partial charge in [-0.05, 0) is 23.9 Å². The van der Waals surface area contributed by atoms with Crippen LogP contribution in [0.4, 0.5) is 0 Å². The third kappa shape index (κ3) is 4.23. The summed E-state index contributed by atoms with van der Waals surface area (Å²) in [7, 11) is 0. The van der Waals surface area contributed by atoms with Crippen molar-refractivity contribution in [2.45, 2.75) is 13.2 Å². The zero-order valence-electron chi connectivity index (χ0n) is 7.46. The quantitative estimate of drug-likeness (QED) is 0.644. The summed E-state index contributed by atoms with van der Waals surface area (Å²) in [6, 6.07) is 5.24. The van der Waals surface area contributed by atoms with Crippen LogP contribution in [0.1, 0.15) is 11.4 Å². The molecule has 1 aromatic heterocycles. The number of aromatic nitrogens is 1. The molecule has 1 heterocycles. The fraction of sp³-hybridized carbons (Fsp3) is 0.286. The van der Waals surface area contributed by atoms with Crippen molar-refractivity contribution in [3.8, 4) is 0 Å². The Morgan fingerprint density at radius 3 is 2.64 bits per heavy atom. The number of nitrogens with two attached hydrogens (primary N) is 2. The molecule has 5 N–H and O–H groups in total. The number of aliphatic hydroxyl groups is 1. The van der Waals surface area contributed by atoms with Gasteiger partial charge in [0.1, 0.15) is 0 Å². The van der Waals surface area contributed by atoms with Crippen LogP contribution in [0.2, 0.25) is 0 Å². The van der Waals surface area contributed by atoms with Gasteiger partial charge >= 0.3 is 0 Å². The van der Waals surface area contributed by atoms with Gasteiger partial charge in [-0.1, -0.05) is 6.07 Å². The van der Waals surface area contributed by atoms with Gasteiger partial charge in [-0.15, -0.1) is 0 Å². The summed E-state index contributed by atoms with van der Waals surface area (Å²) < 4.78 is 5.05. The van der Waals surface area contributed by atoms with Gasteiger partial charge in [-0.25, -0.2) is 0 Å². The van der Waals surface area contributed by atoms with E-state index in [1.54, 1.807) is 18.2 Å². The number of rotatable bonds is 4. The molecule has 0 aliphatic heterocycles. The predicted octanol–water partition coefficient (Wildman–Crippen LogP) is 0.232. The van der Waals surface area contributed by atoms with Gasteiger partial charge in [0.25, 0.3) is 0 Å². The summed E-state index contributed by atoms with van der Waals surface area (Å²) in [6.07, 6.45) is 0. The molecule has 1 aromatic rings. The van der Waals surface area contributed by atoms with Crippen molar-refractivity contribution in [3.63, 3.8) is 0 Å². The van der Waals surface area contributed by atoms with Crippen LogP contribution in [0.5, 0.6) is 0 Å². The average molecular weight is 233 g/mol. The lowest BCUT2D eigenvalue weighted by Gasteiger charge is -2.10. The molecule has 0 aliphatic rings. The molecule has 7 heteroatoms. The Balaban J connectivity index is 2.63.